The smallest absolute Gasteiger partial charge is 0.244 e. The molecule has 0 atom stereocenters. The molecule has 2 heterocycles. The molecule has 0 saturated carbocycles. The highest BCUT2D eigenvalue weighted by Gasteiger charge is 2.30. The van der Waals surface area contributed by atoms with Crippen molar-refractivity contribution in [1.29, 1.82) is 0 Å². The van der Waals surface area contributed by atoms with Crippen LogP contribution < -0.4 is 10.2 Å². The second kappa shape index (κ2) is 9.21. The number of carbonyl (C=O) groups is 2. The van der Waals surface area contributed by atoms with E-state index in [1.807, 2.05) is 13.0 Å². The summed E-state index contributed by atoms with van der Waals surface area (Å²) in [4.78, 5) is 27.1. The number of fused-ring (bicyclic) bond motifs is 1. The number of nitrogens with zero attached hydrogens (tertiary/aromatic N) is 2. The molecular weight excluding hydrogens is 450 g/mol. The first-order valence-electron chi connectivity index (χ1n) is 10.7. The largest absolute Gasteiger partial charge is 0.324 e. The van der Waals surface area contributed by atoms with Crippen LogP contribution in [-0.4, -0.2) is 44.2 Å². The second-order valence-corrected chi connectivity index (χ2v) is 10.6. The van der Waals surface area contributed by atoms with Crippen LogP contribution in [0.1, 0.15) is 36.8 Å². The monoisotopic (exact) mass is 475 g/mol. The summed E-state index contributed by atoms with van der Waals surface area (Å²) < 4.78 is 27.4. The van der Waals surface area contributed by atoms with Crippen molar-refractivity contribution < 1.29 is 18.0 Å². The average molecular weight is 476 g/mol. The summed E-state index contributed by atoms with van der Waals surface area (Å²) in [6.07, 6.45) is 3.22. The first kappa shape index (κ1) is 22.8. The van der Waals surface area contributed by atoms with Crippen molar-refractivity contribution in [2.24, 2.45) is 0 Å². The normalized spacial score (nSPS) is 17.2. The van der Waals surface area contributed by atoms with Gasteiger partial charge < -0.3 is 10.2 Å². The van der Waals surface area contributed by atoms with E-state index in [-0.39, 0.29) is 23.3 Å². The number of amides is 2. The molecule has 2 aliphatic heterocycles. The van der Waals surface area contributed by atoms with E-state index in [9.17, 15) is 18.0 Å². The van der Waals surface area contributed by atoms with Crippen LogP contribution in [0.2, 0.25) is 5.02 Å². The van der Waals surface area contributed by atoms with Gasteiger partial charge in [0, 0.05) is 35.9 Å². The van der Waals surface area contributed by atoms with Gasteiger partial charge in [0.2, 0.25) is 21.8 Å². The maximum Gasteiger partial charge on any atom is 0.244 e. The molecule has 1 N–H and O–H groups in total. The van der Waals surface area contributed by atoms with Gasteiger partial charge in [-0.05, 0) is 74.1 Å². The molecule has 0 radical (unpaired) electrons. The van der Waals surface area contributed by atoms with Crippen molar-refractivity contribution in [2.75, 3.05) is 29.9 Å². The lowest BCUT2D eigenvalue weighted by molar-refractivity contribution is -0.121. The van der Waals surface area contributed by atoms with E-state index in [0.717, 1.165) is 24.0 Å². The van der Waals surface area contributed by atoms with E-state index in [4.69, 9.17) is 11.6 Å². The fourth-order valence-corrected chi connectivity index (χ4v) is 5.90. The average Bonchev–Trinajstić information content (AvgIpc) is 3.26. The molecule has 32 heavy (non-hydrogen) atoms. The summed E-state index contributed by atoms with van der Waals surface area (Å²) in [5, 5.41) is 3.33. The summed E-state index contributed by atoms with van der Waals surface area (Å²) in [5.41, 5.74) is 2.81. The molecule has 9 heteroatoms. The Bertz CT molecular complexity index is 1160. The van der Waals surface area contributed by atoms with Crippen molar-refractivity contribution >= 4 is 44.8 Å². The third-order valence-corrected chi connectivity index (χ3v) is 8.24. The predicted molar refractivity (Wildman–Crippen MR) is 125 cm³/mol. The third kappa shape index (κ3) is 4.67. The lowest BCUT2D eigenvalue weighted by atomic mass is 10.1. The molecule has 2 amide bonds. The van der Waals surface area contributed by atoms with Crippen LogP contribution in [0.5, 0.6) is 0 Å². The summed E-state index contributed by atoms with van der Waals surface area (Å²) in [7, 11) is -3.55. The molecule has 0 aliphatic carbocycles. The number of sulfonamides is 1. The first-order chi connectivity index (χ1) is 15.3. The number of rotatable bonds is 5. The molecule has 0 aromatic heterocycles. The van der Waals surface area contributed by atoms with E-state index < -0.39 is 10.0 Å². The summed E-state index contributed by atoms with van der Waals surface area (Å²) in [6, 6.07) is 10.1. The maximum atomic E-state index is 13.0. The van der Waals surface area contributed by atoms with Crippen molar-refractivity contribution in [3.05, 3.63) is 52.5 Å². The van der Waals surface area contributed by atoms with Crippen LogP contribution in [0, 0.1) is 6.92 Å². The lowest BCUT2D eigenvalue weighted by Crippen LogP contribution is -2.37. The zero-order valence-corrected chi connectivity index (χ0v) is 19.5. The van der Waals surface area contributed by atoms with Crippen molar-refractivity contribution in [3.8, 4) is 0 Å². The minimum absolute atomic E-state index is 0.156. The Morgan fingerprint density at radius 1 is 1.06 bits per heavy atom. The summed E-state index contributed by atoms with van der Waals surface area (Å²) in [6.45, 7) is 2.79. The lowest BCUT2D eigenvalue weighted by Gasteiger charge is -2.24. The van der Waals surface area contributed by atoms with Gasteiger partial charge >= 0.3 is 0 Å². The zero-order valence-electron chi connectivity index (χ0n) is 17.9. The van der Waals surface area contributed by atoms with Crippen molar-refractivity contribution in [2.45, 2.75) is 43.9 Å². The fraction of sp³-hybridized carbons (Fsp3) is 0.391. The van der Waals surface area contributed by atoms with Gasteiger partial charge in [0.15, 0.2) is 0 Å². The van der Waals surface area contributed by atoms with Gasteiger partial charge in [-0.15, -0.1) is 0 Å². The number of aryl methyl sites for hydroxylation is 2. The molecular formula is C23H26ClN3O4S. The molecule has 4 rings (SSSR count). The zero-order chi connectivity index (χ0) is 22.9. The number of hydrogen-bond donors (Lipinski definition) is 1. The molecule has 2 aromatic rings. The van der Waals surface area contributed by atoms with Crippen LogP contribution in [0.4, 0.5) is 11.4 Å². The Balaban J connectivity index is 1.57. The van der Waals surface area contributed by atoms with Crippen LogP contribution in [-0.2, 0) is 26.0 Å². The molecule has 2 aromatic carbocycles. The van der Waals surface area contributed by atoms with E-state index in [1.165, 1.54) is 15.3 Å². The van der Waals surface area contributed by atoms with E-state index in [2.05, 4.69) is 5.32 Å². The Kier molecular flexibility index (Phi) is 6.55. The van der Waals surface area contributed by atoms with Crippen LogP contribution in [0.25, 0.3) is 0 Å². The molecule has 1 saturated heterocycles. The van der Waals surface area contributed by atoms with E-state index >= 15 is 0 Å². The van der Waals surface area contributed by atoms with Gasteiger partial charge in [-0.3, -0.25) is 9.59 Å². The number of nitrogens with one attached hydrogen (secondary N) is 1. The molecule has 0 bridgehead atoms. The van der Waals surface area contributed by atoms with E-state index in [0.29, 0.717) is 48.7 Å². The molecule has 0 spiro atoms. The topological polar surface area (TPSA) is 86.8 Å². The number of anilines is 2. The van der Waals surface area contributed by atoms with Crippen LogP contribution >= 0.6 is 11.6 Å². The van der Waals surface area contributed by atoms with Gasteiger partial charge in [-0.1, -0.05) is 17.7 Å². The minimum Gasteiger partial charge on any atom is -0.324 e. The SMILES string of the molecule is Cc1ccc(NC(=O)CN2C(=O)CCCc3cc(S(=O)(=O)N4CCCC4)ccc32)cc1Cl. The molecule has 2 aliphatic rings. The molecule has 1 fully saturated rings. The minimum atomic E-state index is -3.55. The highest BCUT2D eigenvalue weighted by Crippen LogP contribution is 2.31. The van der Waals surface area contributed by atoms with Crippen molar-refractivity contribution in [1.82, 2.24) is 4.31 Å². The van der Waals surface area contributed by atoms with Crippen LogP contribution in [0.15, 0.2) is 41.3 Å². The number of carbonyl (C=O) groups excluding carboxylic acids is 2. The van der Waals surface area contributed by atoms with Gasteiger partial charge in [-0.25, -0.2) is 8.42 Å². The molecule has 0 unspecified atom stereocenters. The molecule has 170 valence electrons. The quantitative estimate of drug-likeness (QED) is 0.713. The maximum absolute atomic E-state index is 13.0. The number of halogens is 1. The number of hydrogen-bond acceptors (Lipinski definition) is 4. The van der Waals surface area contributed by atoms with Crippen molar-refractivity contribution in [3.63, 3.8) is 0 Å². The Labute approximate surface area is 193 Å². The Morgan fingerprint density at radius 3 is 2.53 bits per heavy atom. The van der Waals surface area contributed by atoms with Gasteiger partial charge in [0.05, 0.1) is 4.90 Å². The highest BCUT2D eigenvalue weighted by molar-refractivity contribution is 7.89. The van der Waals surface area contributed by atoms with E-state index in [1.54, 1.807) is 24.3 Å². The van der Waals surface area contributed by atoms with Gasteiger partial charge in [0.25, 0.3) is 0 Å². The van der Waals surface area contributed by atoms with Gasteiger partial charge in [-0.2, -0.15) is 4.31 Å². The predicted octanol–water partition coefficient (Wildman–Crippen LogP) is 3.74. The Morgan fingerprint density at radius 2 is 1.81 bits per heavy atom. The Hall–Kier alpha value is -2.42. The highest BCUT2D eigenvalue weighted by atomic mass is 35.5. The number of benzene rings is 2. The first-order valence-corrected chi connectivity index (χ1v) is 12.6. The summed E-state index contributed by atoms with van der Waals surface area (Å²) >= 11 is 6.13. The van der Waals surface area contributed by atoms with Gasteiger partial charge in [0.1, 0.15) is 6.54 Å². The third-order valence-electron chi connectivity index (χ3n) is 5.94. The fourth-order valence-electron chi connectivity index (χ4n) is 4.15. The standard InChI is InChI=1S/C23H26ClN3O4S/c1-16-7-8-18(14-20(16)24)25-22(28)15-27-21-10-9-19(13-17(21)5-4-6-23(27)29)32(30,31)26-11-2-3-12-26/h7-10,13-14H,2-6,11-12,15H2,1H3,(H,25,28). The van der Waals surface area contributed by atoms with Crippen LogP contribution in [0.3, 0.4) is 0 Å². The summed E-state index contributed by atoms with van der Waals surface area (Å²) in [5.74, 6) is -0.504. The molecule has 7 nitrogen and oxygen atoms in total. The second-order valence-electron chi connectivity index (χ2n) is 8.25.